The molecule has 0 aliphatic carbocycles. The summed E-state index contributed by atoms with van der Waals surface area (Å²) in [5.41, 5.74) is 7.44. The van der Waals surface area contributed by atoms with Crippen molar-refractivity contribution in [2.24, 2.45) is 0 Å². The Morgan fingerprint density at radius 1 is 1.24 bits per heavy atom. The second-order valence-corrected chi connectivity index (χ2v) is 5.75. The molecule has 0 saturated heterocycles. The van der Waals surface area contributed by atoms with E-state index in [1.165, 1.54) is 9.75 Å². The van der Waals surface area contributed by atoms with E-state index in [4.69, 9.17) is 17.3 Å². The van der Waals surface area contributed by atoms with Gasteiger partial charge in [-0.05, 0) is 36.8 Å². The maximum atomic E-state index is 5.96. The molecule has 3 N–H and O–H groups in total. The van der Waals surface area contributed by atoms with Crippen LogP contribution in [0.3, 0.4) is 0 Å². The summed E-state index contributed by atoms with van der Waals surface area (Å²) in [7, 11) is 0. The van der Waals surface area contributed by atoms with Crippen LogP contribution in [0.2, 0.25) is 5.02 Å². The Bertz CT molecular complexity index is 508. The van der Waals surface area contributed by atoms with Gasteiger partial charge in [0.15, 0.2) is 0 Å². The Morgan fingerprint density at radius 3 is 2.71 bits per heavy atom. The van der Waals surface area contributed by atoms with Crippen molar-refractivity contribution in [2.75, 3.05) is 5.73 Å². The van der Waals surface area contributed by atoms with Crippen molar-refractivity contribution < 1.29 is 0 Å². The summed E-state index contributed by atoms with van der Waals surface area (Å²) in [6, 6.07) is 10.0. The van der Waals surface area contributed by atoms with Crippen molar-refractivity contribution in [1.29, 1.82) is 0 Å². The number of nitrogens with two attached hydrogens (primary N) is 1. The minimum atomic E-state index is 0.622. The maximum Gasteiger partial charge on any atom is 0.0638 e. The molecule has 0 aliphatic heterocycles. The fourth-order valence-corrected chi connectivity index (χ4v) is 2.65. The van der Waals surface area contributed by atoms with Crippen LogP contribution in [0, 0.1) is 6.92 Å². The number of aryl methyl sites for hydroxylation is 1. The van der Waals surface area contributed by atoms with Crippen molar-refractivity contribution in [3.05, 3.63) is 50.7 Å². The summed E-state index contributed by atoms with van der Waals surface area (Å²) in [5, 5.41) is 4.01. The summed E-state index contributed by atoms with van der Waals surface area (Å²) in [6.45, 7) is 3.81. The van der Waals surface area contributed by atoms with Crippen LogP contribution in [0.5, 0.6) is 0 Å². The van der Waals surface area contributed by atoms with Crippen molar-refractivity contribution in [2.45, 2.75) is 20.0 Å². The van der Waals surface area contributed by atoms with E-state index in [-0.39, 0.29) is 0 Å². The van der Waals surface area contributed by atoms with Gasteiger partial charge in [-0.1, -0.05) is 17.7 Å². The number of halogens is 1. The van der Waals surface area contributed by atoms with Gasteiger partial charge in [0.1, 0.15) is 0 Å². The number of hydrogen-bond donors (Lipinski definition) is 2. The fourth-order valence-electron chi connectivity index (χ4n) is 1.59. The minimum absolute atomic E-state index is 0.622. The quantitative estimate of drug-likeness (QED) is 0.830. The first kappa shape index (κ1) is 12.4. The Balaban J connectivity index is 1.87. The molecule has 90 valence electrons. The molecule has 0 saturated carbocycles. The van der Waals surface area contributed by atoms with Gasteiger partial charge in [0, 0.05) is 22.8 Å². The molecule has 4 heteroatoms. The lowest BCUT2D eigenvalue weighted by Crippen LogP contribution is -2.11. The Morgan fingerprint density at radius 2 is 2.06 bits per heavy atom. The number of benzene rings is 1. The van der Waals surface area contributed by atoms with Gasteiger partial charge in [-0.2, -0.15) is 0 Å². The van der Waals surface area contributed by atoms with Gasteiger partial charge < -0.3 is 11.1 Å². The summed E-state index contributed by atoms with van der Waals surface area (Å²) >= 11 is 7.78. The zero-order valence-electron chi connectivity index (χ0n) is 9.66. The molecule has 0 amide bonds. The van der Waals surface area contributed by atoms with Crippen LogP contribution in [0.1, 0.15) is 15.3 Å². The summed E-state index contributed by atoms with van der Waals surface area (Å²) < 4.78 is 0. The Labute approximate surface area is 110 Å². The minimum Gasteiger partial charge on any atom is -0.398 e. The van der Waals surface area contributed by atoms with Gasteiger partial charge >= 0.3 is 0 Å². The van der Waals surface area contributed by atoms with Crippen molar-refractivity contribution in [1.82, 2.24) is 5.32 Å². The van der Waals surface area contributed by atoms with Gasteiger partial charge in [-0.3, -0.25) is 0 Å². The number of rotatable bonds is 4. The second-order valence-electron chi connectivity index (χ2n) is 3.97. The molecule has 17 heavy (non-hydrogen) atoms. The van der Waals surface area contributed by atoms with Crippen LogP contribution < -0.4 is 11.1 Å². The standard InChI is InChI=1S/C13H15ClN2S/c1-9-2-4-11(17-9)8-16-7-10-3-5-13(15)12(14)6-10/h2-6,16H,7-8,15H2,1H3. The smallest absolute Gasteiger partial charge is 0.0638 e. The van der Waals surface area contributed by atoms with Crippen LogP contribution >= 0.6 is 22.9 Å². The van der Waals surface area contributed by atoms with Crippen LogP contribution in [-0.4, -0.2) is 0 Å². The number of thiophene rings is 1. The fraction of sp³-hybridized carbons (Fsp3) is 0.231. The van der Waals surface area contributed by atoms with E-state index in [1.807, 2.05) is 29.5 Å². The largest absolute Gasteiger partial charge is 0.398 e. The van der Waals surface area contributed by atoms with E-state index in [2.05, 4.69) is 24.4 Å². The molecule has 2 rings (SSSR count). The van der Waals surface area contributed by atoms with Crippen LogP contribution in [-0.2, 0) is 13.1 Å². The van der Waals surface area contributed by atoms with Crippen molar-refractivity contribution in [3.63, 3.8) is 0 Å². The van der Waals surface area contributed by atoms with Gasteiger partial charge in [0.25, 0.3) is 0 Å². The molecule has 1 aromatic carbocycles. The second kappa shape index (κ2) is 5.54. The number of nitrogen functional groups attached to an aromatic ring is 1. The van der Waals surface area contributed by atoms with Gasteiger partial charge in [0.2, 0.25) is 0 Å². The molecule has 2 aromatic rings. The molecule has 0 radical (unpaired) electrons. The number of anilines is 1. The molecule has 0 unspecified atom stereocenters. The highest BCUT2D eigenvalue weighted by Crippen LogP contribution is 2.20. The third kappa shape index (κ3) is 3.46. The van der Waals surface area contributed by atoms with Crippen LogP contribution in [0.25, 0.3) is 0 Å². The first-order chi connectivity index (χ1) is 8.15. The van der Waals surface area contributed by atoms with E-state index in [0.717, 1.165) is 18.7 Å². The van der Waals surface area contributed by atoms with Crippen molar-refractivity contribution >= 4 is 28.6 Å². The predicted octanol–water partition coefficient (Wildman–Crippen LogP) is 3.58. The first-order valence-corrected chi connectivity index (χ1v) is 6.64. The highest BCUT2D eigenvalue weighted by Gasteiger charge is 1.99. The summed E-state index contributed by atoms with van der Waals surface area (Å²) in [6.07, 6.45) is 0. The van der Waals surface area contributed by atoms with Crippen LogP contribution in [0.15, 0.2) is 30.3 Å². The lowest BCUT2D eigenvalue weighted by atomic mass is 10.2. The third-order valence-corrected chi connectivity index (χ3v) is 3.82. The van der Waals surface area contributed by atoms with E-state index in [0.29, 0.717) is 10.7 Å². The average molecular weight is 267 g/mol. The molecule has 0 bridgehead atoms. The third-order valence-electron chi connectivity index (χ3n) is 2.49. The topological polar surface area (TPSA) is 38.0 Å². The maximum absolute atomic E-state index is 5.96. The number of hydrogen-bond acceptors (Lipinski definition) is 3. The lowest BCUT2D eigenvalue weighted by Gasteiger charge is -2.05. The lowest BCUT2D eigenvalue weighted by molar-refractivity contribution is 0.701. The highest BCUT2D eigenvalue weighted by molar-refractivity contribution is 7.11. The molecule has 0 fully saturated rings. The van der Waals surface area contributed by atoms with E-state index >= 15 is 0 Å². The molecule has 1 aromatic heterocycles. The van der Waals surface area contributed by atoms with Gasteiger partial charge in [0.05, 0.1) is 10.7 Å². The average Bonchev–Trinajstić information content (AvgIpc) is 2.70. The number of nitrogens with one attached hydrogen (secondary N) is 1. The summed E-state index contributed by atoms with van der Waals surface area (Å²) in [4.78, 5) is 2.70. The summed E-state index contributed by atoms with van der Waals surface area (Å²) in [5.74, 6) is 0. The SMILES string of the molecule is Cc1ccc(CNCc2ccc(N)c(Cl)c2)s1. The molecular weight excluding hydrogens is 252 g/mol. The Kier molecular flexibility index (Phi) is 4.05. The van der Waals surface area contributed by atoms with E-state index < -0.39 is 0 Å². The van der Waals surface area contributed by atoms with E-state index in [9.17, 15) is 0 Å². The zero-order valence-corrected chi connectivity index (χ0v) is 11.2. The normalized spacial score (nSPS) is 10.7. The highest BCUT2D eigenvalue weighted by atomic mass is 35.5. The van der Waals surface area contributed by atoms with Gasteiger partial charge in [-0.25, -0.2) is 0 Å². The molecule has 0 atom stereocenters. The van der Waals surface area contributed by atoms with Crippen molar-refractivity contribution in [3.8, 4) is 0 Å². The molecule has 0 aliphatic rings. The van der Waals surface area contributed by atoms with Gasteiger partial charge in [-0.15, -0.1) is 11.3 Å². The van der Waals surface area contributed by atoms with Crippen LogP contribution in [0.4, 0.5) is 5.69 Å². The van der Waals surface area contributed by atoms with E-state index in [1.54, 1.807) is 0 Å². The molecule has 1 heterocycles. The Hall–Kier alpha value is -1.03. The molecular formula is C13H15ClN2S. The monoisotopic (exact) mass is 266 g/mol. The first-order valence-electron chi connectivity index (χ1n) is 5.45. The predicted molar refractivity (Wildman–Crippen MR) is 75.5 cm³/mol. The zero-order chi connectivity index (χ0) is 12.3. The molecule has 2 nitrogen and oxygen atoms in total. The molecule has 0 spiro atoms.